The molecule has 2 N–H and O–H groups in total. The number of amides is 1. The molecular formula is C63H127N2O6P. The first-order valence-corrected chi connectivity index (χ1v) is 33.5. The molecule has 0 aliphatic heterocycles. The van der Waals surface area contributed by atoms with E-state index in [0.29, 0.717) is 23.9 Å². The van der Waals surface area contributed by atoms with Crippen molar-refractivity contribution >= 4 is 13.7 Å². The van der Waals surface area contributed by atoms with E-state index in [4.69, 9.17) is 9.05 Å². The molecule has 9 heteroatoms. The van der Waals surface area contributed by atoms with Crippen molar-refractivity contribution < 1.29 is 32.9 Å². The lowest BCUT2D eigenvalue weighted by molar-refractivity contribution is -0.870. The lowest BCUT2D eigenvalue weighted by atomic mass is 10.0. The molecule has 0 rings (SSSR count). The Hall–Kier alpha value is -0.760. The number of nitrogens with zero attached hydrogens (tertiary/aromatic N) is 1. The molecule has 0 aromatic rings. The van der Waals surface area contributed by atoms with Crippen LogP contribution in [0.5, 0.6) is 0 Å². The van der Waals surface area contributed by atoms with Crippen molar-refractivity contribution in [1.29, 1.82) is 0 Å². The van der Waals surface area contributed by atoms with Gasteiger partial charge in [0.1, 0.15) is 13.2 Å². The van der Waals surface area contributed by atoms with Gasteiger partial charge in [-0.25, -0.2) is 0 Å². The van der Waals surface area contributed by atoms with Gasteiger partial charge in [-0.2, -0.15) is 0 Å². The highest BCUT2D eigenvalue weighted by Gasteiger charge is 2.24. The summed E-state index contributed by atoms with van der Waals surface area (Å²) >= 11 is 0. The van der Waals surface area contributed by atoms with E-state index in [1.165, 1.54) is 270 Å². The SMILES string of the molecule is CCCCCCCCCC/C=C\CCCCCCCCCCCCCCCCCCCCCCCC(=O)NC(COP(=O)([O-])OCC[N+](C)(C)C)C(O)CCCCCCCCCCCCCCCCCCC. The summed E-state index contributed by atoms with van der Waals surface area (Å²) < 4.78 is 23.5. The molecule has 0 bridgehead atoms. The van der Waals surface area contributed by atoms with E-state index in [2.05, 4.69) is 31.3 Å². The van der Waals surface area contributed by atoms with Crippen molar-refractivity contribution in [2.24, 2.45) is 0 Å². The van der Waals surface area contributed by atoms with Gasteiger partial charge in [0.05, 0.1) is 39.9 Å². The molecule has 0 saturated carbocycles. The molecule has 72 heavy (non-hydrogen) atoms. The zero-order chi connectivity index (χ0) is 52.7. The average Bonchev–Trinajstić information content (AvgIpc) is 3.34. The summed E-state index contributed by atoms with van der Waals surface area (Å²) in [5, 5.41) is 14.0. The number of allylic oxidation sites excluding steroid dienone is 2. The largest absolute Gasteiger partial charge is 0.756 e. The number of phosphoric acid groups is 1. The van der Waals surface area contributed by atoms with E-state index < -0.39 is 20.0 Å². The van der Waals surface area contributed by atoms with Gasteiger partial charge in [-0.3, -0.25) is 9.36 Å². The van der Waals surface area contributed by atoms with E-state index in [1.807, 2.05) is 21.1 Å². The number of quaternary nitrogens is 1. The van der Waals surface area contributed by atoms with Crippen molar-refractivity contribution in [2.45, 2.75) is 347 Å². The Bertz CT molecular complexity index is 1180. The molecule has 0 radical (unpaired) electrons. The van der Waals surface area contributed by atoms with Crippen LogP contribution in [0, 0.1) is 0 Å². The number of aliphatic hydroxyl groups excluding tert-OH is 1. The highest BCUT2D eigenvalue weighted by atomic mass is 31.2. The van der Waals surface area contributed by atoms with Gasteiger partial charge in [-0.15, -0.1) is 0 Å². The third-order valence-corrected chi connectivity index (χ3v) is 16.0. The number of aliphatic hydroxyl groups is 1. The van der Waals surface area contributed by atoms with Gasteiger partial charge in [-0.1, -0.05) is 302 Å². The van der Waals surface area contributed by atoms with Crippen LogP contribution in [0.15, 0.2) is 12.2 Å². The topological polar surface area (TPSA) is 108 Å². The summed E-state index contributed by atoms with van der Waals surface area (Å²) in [5.74, 6) is -0.157. The lowest BCUT2D eigenvalue weighted by Gasteiger charge is -2.30. The molecule has 0 heterocycles. The Balaban J connectivity index is 3.96. The molecule has 0 aliphatic rings. The molecule has 0 saturated heterocycles. The van der Waals surface area contributed by atoms with E-state index >= 15 is 0 Å². The van der Waals surface area contributed by atoms with E-state index in [-0.39, 0.29) is 19.1 Å². The molecule has 0 aromatic carbocycles. The Morgan fingerprint density at radius 1 is 0.472 bits per heavy atom. The van der Waals surface area contributed by atoms with Gasteiger partial charge >= 0.3 is 0 Å². The number of likely N-dealkylation sites (N-methyl/N-ethyl adjacent to an activating group) is 1. The first kappa shape index (κ1) is 71.2. The second kappa shape index (κ2) is 55.0. The Morgan fingerprint density at radius 3 is 1.08 bits per heavy atom. The number of rotatable bonds is 60. The third-order valence-electron chi connectivity index (χ3n) is 15.0. The molecule has 0 spiro atoms. The molecule has 430 valence electrons. The predicted octanol–water partition coefficient (Wildman–Crippen LogP) is 19.1. The predicted molar refractivity (Wildman–Crippen MR) is 312 cm³/mol. The summed E-state index contributed by atoms with van der Waals surface area (Å²) in [6, 6.07) is -0.797. The number of phosphoric ester groups is 1. The standard InChI is InChI=1S/C63H127N2O6P/c1-6-8-10-12-14-16-18-20-22-24-25-26-27-28-29-30-31-32-33-34-35-36-37-38-39-41-43-45-47-49-51-53-55-57-63(67)64-61(60-71-72(68,69)70-59-58-65(3,4)5)62(66)56-54-52-50-48-46-44-42-40-23-21-19-17-15-13-11-9-7-2/h24-25,61-62,66H,6-23,26-60H2,1-5H3,(H-,64,67,68,69)/b25-24-. The van der Waals surface area contributed by atoms with Crippen LogP contribution in [-0.2, 0) is 18.4 Å². The first-order valence-electron chi connectivity index (χ1n) is 32.0. The van der Waals surface area contributed by atoms with E-state index in [9.17, 15) is 19.4 Å². The summed E-state index contributed by atoms with van der Waals surface area (Å²) in [6.45, 7) is 4.77. The Morgan fingerprint density at radius 2 is 0.764 bits per heavy atom. The van der Waals surface area contributed by atoms with Crippen LogP contribution >= 0.6 is 7.82 Å². The van der Waals surface area contributed by atoms with Gasteiger partial charge in [0, 0.05) is 6.42 Å². The second-order valence-corrected chi connectivity index (χ2v) is 24.9. The van der Waals surface area contributed by atoms with Crippen LogP contribution in [0.25, 0.3) is 0 Å². The van der Waals surface area contributed by atoms with Crippen LogP contribution in [0.4, 0.5) is 0 Å². The fraction of sp³-hybridized carbons (Fsp3) is 0.952. The van der Waals surface area contributed by atoms with Gasteiger partial charge in [0.2, 0.25) is 5.91 Å². The van der Waals surface area contributed by atoms with Gasteiger partial charge < -0.3 is 28.8 Å². The van der Waals surface area contributed by atoms with Crippen molar-refractivity contribution in [3.8, 4) is 0 Å². The number of carbonyl (C=O) groups is 1. The second-order valence-electron chi connectivity index (χ2n) is 23.5. The number of hydrogen-bond donors (Lipinski definition) is 2. The van der Waals surface area contributed by atoms with Gasteiger partial charge in [-0.05, 0) is 38.5 Å². The molecule has 3 atom stereocenters. The van der Waals surface area contributed by atoms with Crippen molar-refractivity contribution in [3.63, 3.8) is 0 Å². The third kappa shape index (κ3) is 57.0. The van der Waals surface area contributed by atoms with E-state index in [1.54, 1.807) is 0 Å². The maximum Gasteiger partial charge on any atom is 0.268 e. The van der Waals surface area contributed by atoms with Gasteiger partial charge in [0.15, 0.2) is 0 Å². The van der Waals surface area contributed by atoms with Crippen LogP contribution in [0.1, 0.15) is 335 Å². The van der Waals surface area contributed by atoms with Gasteiger partial charge in [0.25, 0.3) is 7.82 Å². The minimum atomic E-state index is -4.57. The maximum absolute atomic E-state index is 13.0. The quantitative estimate of drug-likeness (QED) is 0.0272. The normalized spacial score (nSPS) is 13.8. The molecule has 3 unspecified atom stereocenters. The number of carbonyl (C=O) groups excluding carboxylic acids is 1. The lowest BCUT2D eigenvalue weighted by Crippen LogP contribution is -2.46. The smallest absolute Gasteiger partial charge is 0.268 e. The molecule has 0 aliphatic carbocycles. The van der Waals surface area contributed by atoms with Crippen LogP contribution in [-0.4, -0.2) is 68.5 Å². The highest BCUT2D eigenvalue weighted by molar-refractivity contribution is 7.45. The maximum atomic E-state index is 13.0. The number of unbranched alkanes of at least 4 members (excludes halogenated alkanes) is 45. The summed E-state index contributed by atoms with van der Waals surface area (Å²) in [7, 11) is 1.32. The van der Waals surface area contributed by atoms with Crippen molar-refractivity contribution in [2.75, 3.05) is 40.9 Å². The van der Waals surface area contributed by atoms with Crippen molar-refractivity contribution in [1.82, 2.24) is 5.32 Å². The minimum Gasteiger partial charge on any atom is -0.756 e. The average molecular weight is 1040 g/mol. The van der Waals surface area contributed by atoms with Crippen molar-refractivity contribution in [3.05, 3.63) is 12.2 Å². The molecule has 1 amide bonds. The highest BCUT2D eigenvalue weighted by Crippen LogP contribution is 2.38. The molecule has 0 fully saturated rings. The zero-order valence-corrected chi connectivity index (χ0v) is 50.1. The molecule has 0 aromatic heterocycles. The van der Waals surface area contributed by atoms with E-state index in [0.717, 1.165) is 38.5 Å². The van der Waals surface area contributed by atoms with Crippen LogP contribution in [0.3, 0.4) is 0 Å². The first-order chi connectivity index (χ1) is 35.0. The fourth-order valence-corrected chi connectivity index (χ4v) is 10.7. The molecule has 8 nitrogen and oxygen atoms in total. The monoisotopic (exact) mass is 1040 g/mol. The minimum absolute atomic E-state index is 0.0158. The summed E-state index contributed by atoms with van der Waals surface area (Å²) in [4.78, 5) is 25.6. The fourth-order valence-electron chi connectivity index (χ4n) is 9.98. The van der Waals surface area contributed by atoms with Crippen LogP contribution in [0.2, 0.25) is 0 Å². The summed E-state index contributed by atoms with van der Waals surface area (Å²) in [5.41, 5.74) is 0. The summed E-state index contributed by atoms with van der Waals surface area (Å²) in [6.07, 6.45) is 68.4. The zero-order valence-electron chi connectivity index (χ0n) is 49.2. The number of hydrogen-bond acceptors (Lipinski definition) is 6. The molecular weight excluding hydrogens is 912 g/mol. The number of nitrogens with one attached hydrogen (secondary N) is 1. The Labute approximate surface area is 450 Å². The van der Waals surface area contributed by atoms with Crippen LogP contribution < -0.4 is 10.2 Å². The Kier molecular flexibility index (Phi) is 54.4.